The summed E-state index contributed by atoms with van der Waals surface area (Å²) < 4.78 is 30.9. The van der Waals surface area contributed by atoms with E-state index in [1.165, 1.54) is 11.1 Å². The van der Waals surface area contributed by atoms with Crippen LogP contribution in [0.1, 0.15) is 50.8 Å². The zero-order valence-corrected chi connectivity index (χ0v) is 22.0. The van der Waals surface area contributed by atoms with Crippen molar-refractivity contribution in [1.29, 1.82) is 0 Å². The molecule has 7 nitrogen and oxygen atoms in total. The Bertz CT molecular complexity index is 865. The summed E-state index contributed by atoms with van der Waals surface area (Å²) in [6.07, 6.45) is 3.52. The molecule has 0 radical (unpaired) electrons. The van der Waals surface area contributed by atoms with Crippen molar-refractivity contribution in [2.75, 3.05) is 27.2 Å². The second-order valence-electron chi connectivity index (χ2n) is 7.59. The highest BCUT2D eigenvalue weighted by atomic mass is 19.3. The van der Waals surface area contributed by atoms with Crippen LogP contribution in [0, 0.1) is 6.92 Å². The largest absolute Gasteiger partial charge is 0.481 e. The van der Waals surface area contributed by atoms with Gasteiger partial charge in [0.1, 0.15) is 0 Å². The maximum absolute atomic E-state index is 13.0. The summed E-state index contributed by atoms with van der Waals surface area (Å²) in [5, 5.41) is 6.74. The van der Waals surface area contributed by atoms with Crippen LogP contribution in [-0.4, -0.2) is 49.2 Å². The Kier molecular flexibility index (Phi) is 15.7. The molecule has 0 spiro atoms. The molecule has 0 unspecified atom stereocenters. The minimum atomic E-state index is -2.77. The number of nitrogens with two attached hydrogens (primary N) is 1. The summed E-state index contributed by atoms with van der Waals surface area (Å²) in [4.78, 5) is 15.3. The van der Waals surface area contributed by atoms with E-state index in [2.05, 4.69) is 15.6 Å². The summed E-state index contributed by atoms with van der Waals surface area (Å²) in [7, 11) is 3.22. The molecule has 2 amide bonds. The number of nitrogens with one attached hydrogen (secondary N) is 2. The first-order chi connectivity index (χ1) is 16.6. The number of alkyl halides is 2. The number of hydrogen-bond acceptors (Lipinski definition) is 5. The number of hydrazine groups is 1. The lowest BCUT2D eigenvalue weighted by molar-refractivity contribution is 0.0254. The molecular formula is C26H41F2N5O2. The Morgan fingerprint density at radius 3 is 2.26 bits per heavy atom. The molecule has 0 aliphatic heterocycles. The van der Waals surface area contributed by atoms with Crippen molar-refractivity contribution in [1.82, 2.24) is 20.6 Å². The number of amides is 2. The van der Waals surface area contributed by atoms with Crippen molar-refractivity contribution in [3.05, 3.63) is 65.4 Å². The van der Waals surface area contributed by atoms with E-state index >= 15 is 0 Å². The fourth-order valence-electron chi connectivity index (χ4n) is 2.70. The number of aromatic nitrogens is 1. The molecule has 0 bridgehead atoms. The number of carbonyl (C=O) groups excluding carboxylic acids is 1. The van der Waals surface area contributed by atoms with Gasteiger partial charge in [0.15, 0.2) is 0 Å². The number of carbonyl (C=O) groups is 1. The van der Waals surface area contributed by atoms with Crippen LogP contribution in [0.5, 0.6) is 5.88 Å². The molecule has 1 aromatic heterocycles. The molecule has 9 heteroatoms. The van der Waals surface area contributed by atoms with Crippen molar-refractivity contribution in [3.63, 3.8) is 0 Å². The summed E-state index contributed by atoms with van der Waals surface area (Å²) in [5.41, 5.74) is 3.50. The normalized spacial score (nSPS) is 10.7. The smallest absolute Gasteiger partial charge is 0.314 e. The van der Waals surface area contributed by atoms with Crippen molar-refractivity contribution in [3.8, 4) is 5.88 Å². The summed E-state index contributed by atoms with van der Waals surface area (Å²) in [6.45, 7) is 9.83. The second kappa shape index (κ2) is 17.3. The molecule has 0 saturated heterocycles. The number of pyridine rings is 1. The lowest BCUT2D eigenvalue weighted by Gasteiger charge is -2.18. The van der Waals surface area contributed by atoms with Crippen LogP contribution in [0.2, 0.25) is 0 Å². The van der Waals surface area contributed by atoms with E-state index in [9.17, 15) is 13.6 Å². The van der Waals surface area contributed by atoms with E-state index in [1.807, 2.05) is 64.1 Å². The average molecular weight is 494 g/mol. The van der Waals surface area contributed by atoms with Crippen molar-refractivity contribution in [2.45, 2.75) is 53.4 Å². The van der Waals surface area contributed by atoms with Crippen molar-refractivity contribution < 1.29 is 18.3 Å². The Morgan fingerprint density at radius 2 is 1.80 bits per heavy atom. The number of methoxy groups -OCH3 is 1. The molecule has 2 aromatic rings. The third kappa shape index (κ3) is 14.6. The molecule has 35 heavy (non-hydrogen) atoms. The van der Waals surface area contributed by atoms with Crippen LogP contribution in [0.4, 0.5) is 13.6 Å². The Balaban J connectivity index is 0.000000870. The van der Waals surface area contributed by atoms with Crippen LogP contribution >= 0.6 is 0 Å². The molecule has 0 saturated carbocycles. The fraction of sp³-hybridized carbons (Fsp3) is 0.462. The van der Waals surface area contributed by atoms with Gasteiger partial charge in [-0.15, -0.1) is 0 Å². The molecule has 4 N–H and O–H groups in total. The molecule has 0 aliphatic rings. The Morgan fingerprint density at radius 1 is 1.17 bits per heavy atom. The van der Waals surface area contributed by atoms with Crippen LogP contribution in [-0.2, 0) is 6.42 Å². The van der Waals surface area contributed by atoms with Crippen molar-refractivity contribution in [2.24, 2.45) is 5.84 Å². The monoisotopic (exact) mass is 493 g/mol. The van der Waals surface area contributed by atoms with Gasteiger partial charge in [-0.05, 0) is 43.9 Å². The second-order valence-corrected chi connectivity index (χ2v) is 7.59. The first kappa shape index (κ1) is 31.8. The van der Waals surface area contributed by atoms with Crippen LogP contribution < -0.4 is 21.2 Å². The van der Waals surface area contributed by atoms with Gasteiger partial charge in [-0.25, -0.2) is 24.4 Å². The minimum absolute atomic E-state index is 0.190. The van der Waals surface area contributed by atoms with Crippen molar-refractivity contribution >= 4 is 11.7 Å². The summed E-state index contributed by atoms with van der Waals surface area (Å²) >= 11 is 0. The zero-order valence-electron chi connectivity index (χ0n) is 22.0. The zero-order chi connectivity index (χ0) is 26.9. The van der Waals surface area contributed by atoms with Gasteiger partial charge in [-0.3, -0.25) is 0 Å². The number of ether oxygens (including phenoxy) is 1. The fourth-order valence-corrected chi connectivity index (χ4v) is 2.70. The molecule has 0 aliphatic carbocycles. The summed E-state index contributed by atoms with van der Waals surface area (Å²) in [6, 6.07) is 11.1. The first-order valence-corrected chi connectivity index (χ1v) is 11.7. The topological polar surface area (TPSA) is 92.5 Å². The van der Waals surface area contributed by atoms with Gasteiger partial charge in [-0.1, -0.05) is 50.3 Å². The third-order valence-corrected chi connectivity index (χ3v) is 4.41. The Hall–Kier alpha value is -3.20. The van der Waals surface area contributed by atoms with E-state index in [1.54, 1.807) is 20.4 Å². The third-order valence-electron chi connectivity index (χ3n) is 4.41. The molecule has 2 rings (SSSR count). The van der Waals surface area contributed by atoms with Gasteiger partial charge in [0.05, 0.1) is 12.8 Å². The lowest BCUT2D eigenvalue weighted by atomic mass is 10.1. The molecule has 1 heterocycles. The number of nitrogens with zero attached hydrogens (tertiary/aromatic N) is 2. The predicted molar refractivity (Wildman–Crippen MR) is 139 cm³/mol. The number of halogens is 2. The standard InChI is InChI=1S/C17H26F2N4O.C7H9NO.C2H6/c1-4-21-16(24)22-12-10-13-5-7-14(8-6-13)15(23(3)20)9-11-17(2,18)19;1-6-3-4-7(9-2)8-5-6;1-2/h5-9H,4,10-12,20H2,1-3H3,(H2,21,22,24);3-5H,1-2H3;1-2H3/b15-9-;;. The van der Waals surface area contributed by atoms with E-state index in [4.69, 9.17) is 10.6 Å². The van der Waals surface area contributed by atoms with Gasteiger partial charge in [0.25, 0.3) is 0 Å². The predicted octanol–water partition coefficient (Wildman–Crippen LogP) is 5.16. The maximum Gasteiger partial charge on any atom is 0.314 e. The molecule has 1 aromatic carbocycles. The first-order valence-electron chi connectivity index (χ1n) is 11.7. The number of allylic oxidation sites excluding steroid dienone is 1. The highest BCUT2D eigenvalue weighted by Crippen LogP contribution is 2.23. The van der Waals surface area contributed by atoms with E-state index in [-0.39, 0.29) is 12.5 Å². The van der Waals surface area contributed by atoms with Gasteiger partial charge >= 0.3 is 6.03 Å². The van der Waals surface area contributed by atoms with Crippen LogP contribution in [0.3, 0.4) is 0 Å². The molecule has 0 atom stereocenters. The van der Waals surface area contributed by atoms with Crippen LogP contribution in [0.15, 0.2) is 48.7 Å². The van der Waals surface area contributed by atoms with E-state index in [0.29, 0.717) is 31.1 Å². The highest BCUT2D eigenvalue weighted by molar-refractivity contribution is 5.73. The SMILES string of the molecule is CC.CCNC(=O)NCCc1ccc(/C(=C/CC(C)(F)F)N(C)N)cc1.COc1ccc(C)cn1. The van der Waals surface area contributed by atoms with Gasteiger partial charge in [0.2, 0.25) is 11.8 Å². The van der Waals surface area contributed by atoms with Gasteiger partial charge in [0, 0.05) is 38.8 Å². The van der Waals surface area contributed by atoms with Gasteiger partial charge in [-0.2, -0.15) is 0 Å². The van der Waals surface area contributed by atoms with Crippen LogP contribution in [0.25, 0.3) is 5.70 Å². The number of rotatable bonds is 9. The number of benzene rings is 1. The Labute approximate surface area is 208 Å². The van der Waals surface area contributed by atoms with E-state index in [0.717, 1.165) is 23.6 Å². The maximum atomic E-state index is 13.0. The van der Waals surface area contributed by atoms with E-state index < -0.39 is 5.92 Å². The lowest BCUT2D eigenvalue weighted by Crippen LogP contribution is -2.36. The average Bonchev–Trinajstić information content (AvgIpc) is 2.82. The van der Waals surface area contributed by atoms with Gasteiger partial charge < -0.3 is 20.4 Å². The summed E-state index contributed by atoms with van der Waals surface area (Å²) in [5.74, 6) is 3.64. The number of urea groups is 1. The molecule has 196 valence electrons. The quantitative estimate of drug-likeness (QED) is 0.331. The number of hydrogen-bond donors (Lipinski definition) is 3. The minimum Gasteiger partial charge on any atom is -0.481 e. The highest BCUT2D eigenvalue weighted by Gasteiger charge is 2.20. The molecular weight excluding hydrogens is 452 g/mol. The molecule has 0 fully saturated rings. The number of aryl methyl sites for hydroxylation is 1.